The van der Waals surface area contributed by atoms with Gasteiger partial charge in [0.1, 0.15) is 0 Å². The Morgan fingerprint density at radius 3 is 3.00 bits per heavy atom. The van der Waals surface area contributed by atoms with E-state index in [0.717, 1.165) is 32.5 Å². The molecule has 5 heteroatoms. The van der Waals surface area contributed by atoms with Crippen LogP contribution in [-0.4, -0.2) is 52.6 Å². The number of aromatic nitrogens is 2. The summed E-state index contributed by atoms with van der Waals surface area (Å²) in [5, 5.41) is 18.3. The van der Waals surface area contributed by atoms with Gasteiger partial charge in [-0.05, 0) is 37.7 Å². The van der Waals surface area contributed by atoms with Crippen LogP contribution in [-0.2, 0) is 11.3 Å². The maximum atomic E-state index is 10.7. The maximum Gasteiger partial charge on any atom is 0.0719 e. The number of hydrogen-bond acceptors (Lipinski definition) is 4. The molecular weight excluding hydrogens is 266 g/mol. The third-order valence-electron chi connectivity index (χ3n) is 5.09. The molecule has 1 aliphatic heterocycles. The maximum absolute atomic E-state index is 10.7. The Labute approximate surface area is 126 Å². The van der Waals surface area contributed by atoms with E-state index < -0.39 is 5.60 Å². The number of methoxy groups -OCH3 is 1. The van der Waals surface area contributed by atoms with Crippen molar-refractivity contribution in [3.05, 3.63) is 17.5 Å². The van der Waals surface area contributed by atoms with E-state index in [1.54, 1.807) is 7.11 Å². The fourth-order valence-electron chi connectivity index (χ4n) is 3.33. The highest BCUT2D eigenvalue weighted by Crippen LogP contribution is 2.39. The minimum absolute atomic E-state index is 0.271. The first-order valence-electron chi connectivity index (χ1n) is 8.08. The van der Waals surface area contributed by atoms with Gasteiger partial charge in [-0.2, -0.15) is 5.10 Å². The van der Waals surface area contributed by atoms with Crippen LogP contribution in [0.1, 0.15) is 49.9 Å². The summed E-state index contributed by atoms with van der Waals surface area (Å²) >= 11 is 0. The Morgan fingerprint density at radius 1 is 1.52 bits per heavy atom. The molecule has 0 spiro atoms. The average Bonchev–Trinajstić information content (AvgIpc) is 3.22. The molecule has 0 radical (unpaired) electrons. The zero-order valence-electron chi connectivity index (χ0n) is 13.1. The van der Waals surface area contributed by atoms with E-state index in [1.165, 1.54) is 24.2 Å². The van der Waals surface area contributed by atoms with Gasteiger partial charge in [-0.15, -0.1) is 0 Å². The fraction of sp³-hybridized carbons (Fsp3) is 0.812. The van der Waals surface area contributed by atoms with Crippen molar-refractivity contribution in [3.8, 4) is 0 Å². The largest absolute Gasteiger partial charge is 0.389 e. The number of nitrogens with one attached hydrogen (secondary N) is 1. The van der Waals surface area contributed by atoms with E-state index >= 15 is 0 Å². The van der Waals surface area contributed by atoms with Crippen LogP contribution in [0.15, 0.2) is 6.07 Å². The molecule has 1 saturated heterocycles. The molecular formula is C16H27N3O2. The number of piperidine rings is 1. The average molecular weight is 293 g/mol. The second-order valence-electron chi connectivity index (χ2n) is 6.82. The van der Waals surface area contributed by atoms with Crippen LogP contribution < -0.4 is 0 Å². The molecule has 2 heterocycles. The van der Waals surface area contributed by atoms with Gasteiger partial charge in [0, 0.05) is 45.0 Å². The summed E-state index contributed by atoms with van der Waals surface area (Å²) in [5.41, 5.74) is 1.86. The highest BCUT2D eigenvalue weighted by Gasteiger charge is 2.38. The zero-order valence-corrected chi connectivity index (χ0v) is 13.1. The highest BCUT2D eigenvalue weighted by molar-refractivity contribution is 5.17. The van der Waals surface area contributed by atoms with Gasteiger partial charge in [0.05, 0.1) is 11.3 Å². The topological polar surface area (TPSA) is 61.4 Å². The first kappa shape index (κ1) is 15.0. The van der Waals surface area contributed by atoms with Crippen LogP contribution in [0, 0.1) is 5.92 Å². The van der Waals surface area contributed by atoms with Gasteiger partial charge < -0.3 is 9.84 Å². The number of H-pyrrole nitrogens is 1. The van der Waals surface area contributed by atoms with Crippen LogP contribution in [0.5, 0.6) is 0 Å². The number of likely N-dealkylation sites (tertiary alicyclic amines) is 1. The number of hydrogen-bond donors (Lipinski definition) is 2. The van der Waals surface area contributed by atoms with Crippen LogP contribution in [0.4, 0.5) is 0 Å². The molecule has 2 N–H and O–H groups in total. The van der Waals surface area contributed by atoms with Crippen LogP contribution in [0.2, 0.25) is 0 Å². The van der Waals surface area contributed by atoms with Gasteiger partial charge in [0.15, 0.2) is 0 Å². The summed E-state index contributed by atoms with van der Waals surface area (Å²) in [6, 6.07) is 2.22. The fourth-order valence-corrected chi connectivity index (χ4v) is 3.33. The monoisotopic (exact) mass is 293 g/mol. The third kappa shape index (κ3) is 3.47. The molecule has 2 atom stereocenters. The van der Waals surface area contributed by atoms with Gasteiger partial charge >= 0.3 is 0 Å². The number of ether oxygens (including phenoxy) is 1. The molecule has 1 aromatic rings. The van der Waals surface area contributed by atoms with Crippen molar-refractivity contribution in [2.45, 2.75) is 50.7 Å². The molecule has 2 aliphatic rings. The number of aliphatic hydroxyl groups is 1. The smallest absolute Gasteiger partial charge is 0.0719 e. The predicted octanol–water partition coefficient (Wildman–Crippen LogP) is 1.90. The normalized spacial score (nSPS) is 30.7. The summed E-state index contributed by atoms with van der Waals surface area (Å²) in [7, 11) is 1.69. The molecule has 1 aliphatic carbocycles. The zero-order chi connectivity index (χ0) is 14.9. The minimum Gasteiger partial charge on any atom is -0.389 e. The second kappa shape index (κ2) is 6.07. The van der Waals surface area contributed by atoms with Crippen molar-refractivity contribution >= 4 is 0 Å². The Kier molecular flexibility index (Phi) is 4.33. The molecule has 1 saturated carbocycles. The van der Waals surface area contributed by atoms with E-state index in [4.69, 9.17) is 4.74 Å². The molecule has 3 rings (SSSR count). The number of rotatable bonds is 6. The van der Waals surface area contributed by atoms with Gasteiger partial charge in [0.2, 0.25) is 0 Å². The summed E-state index contributed by atoms with van der Waals surface area (Å²) in [6.45, 7) is 5.54. The standard InChI is InChI=1S/C16H27N3O2/c1-12-10-19(7-5-16(12,20)6-8-21-2)11-14-9-15(18-17-14)13-3-4-13/h9,12-13,20H,3-8,10-11H2,1-2H3,(H,17,18)/t12-,16-/m1/s1. The van der Waals surface area contributed by atoms with Crippen LogP contribution in [0.25, 0.3) is 0 Å². The van der Waals surface area contributed by atoms with Crippen LogP contribution in [0.3, 0.4) is 0 Å². The molecule has 21 heavy (non-hydrogen) atoms. The lowest BCUT2D eigenvalue weighted by Gasteiger charge is -2.43. The third-order valence-corrected chi connectivity index (χ3v) is 5.09. The summed E-state index contributed by atoms with van der Waals surface area (Å²) in [5.74, 6) is 0.974. The quantitative estimate of drug-likeness (QED) is 0.841. The van der Waals surface area contributed by atoms with E-state index in [2.05, 4.69) is 28.1 Å². The summed E-state index contributed by atoms with van der Waals surface area (Å²) in [4.78, 5) is 2.41. The van der Waals surface area contributed by atoms with Gasteiger partial charge in [0.25, 0.3) is 0 Å². The second-order valence-corrected chi connectivity index (χ2v) is 6.82. The lowest BCUT2D eigenvalue weighted by Crippen LogP contribution is -2.51. The van der Waals surface area contributed by atoms with Gasteiger partial charge in [-0.3, -0.25) is 10.00 Å². The predicted molar refractivity (Wildman–Crippen MR) is 81.1 cm³/mol. The van der Waals surface area contributed by atoms with E-state index in [9.17, 15) is 5.11 Å². The van der Waals surface area contributed by atoms with Crippen molar-refractivity contribution in [2.24, 2.45) is 5.92 Å². The molecule has 2 fully saturated rings. The van der Waals surface area contributed by atoms with E-state index in [-0.39, 0.29) is 5.92 Å². The molecule has 1 aromatic heterocycles. The summed E-state index contributed by atoms with van der Waals surface area (Å²) < 4.78 is 5.12. The number of nitrogens with zero attached hydrogens (tertiary/aromatic N) is 2. The van der Waals surface area contributed by atoms with Crippen molar-refractivity contribution in [3.63, 3.8) is 0 Å². The Balaban J connectivity index is 1.53. The molecule has 0 amide bonds. The lowest BCUT2D eigenvalue weighted by molar-refractivity contribution is -0.0829. The molecule has 118 valence electrons. The Bertz CT molecular complexity index is 472. The molecule has 0 bridgehead atoms. The van der Waals surface area contributed by atoms with Gasteiger partial charge in [-0.1, -0.05) is 6.92 Å². The van der Waals surface area contributed by atoms with Crippen molar-refractivity contribution in [1.82, 2.24) is 15.1 Å². The van der Waals surface area contributed by atoms with Crippen LogP contribution >= 0.6 is 0 Å². The van der Waals surface area contributed by atoms with Crippen molar-refractivity contribution < 1.29 is 9.84 Å². The van der Waals surface area contributed by atoms with Crippen molar-refractivity contribution in [2.75, 3.05) is 26.8 Å². The Morgan fingerprint density at radius 2 is 2.33 bits per heavy atom. The van der Waals surface area contributed by atoms with E-state index in [0.29, 0.717) is 12.5 Å². The first-order valence-corrected chi connectivity index (χ1v) is 8.08. The lowest BCUT2D eigenvalue weighted by atomic mass is 9.80. The Hall–Kier alpha value is -0.910. The number of aromatic amines is 1. The van der Waals surface area contributed by atoms with Gasteiger partial charge in [-0.25, -0.2) is 0 Å². The first-order chi connectivity index (χ1) is 10.1. The van der Waals surface area contributed by atoms with E-state index in [1.807, 2.05) is 0 Å². The molecule has 0 aromatic carbocycles. The SMILES string of the molecule is COCC[C@]1(O)CCN(Cc2cc(C3CC3)n[nH]2)C[C@H]1C. The molecule has 0 unspecified atom stereocenters. The van der Waals surface area contributed by atoms with Crippen molar-refractivity contribution in [1.29, 1.82) is 0 Å². The minimum atomic E-state index is -0.570. The summed E-state index contributed by atoms with van der Waals surface area (Å²) in [6.07, 6.45) is 4.13. The molecule has 5 nitrogen and oxygen atoms in total. The highest BCUT2D eigenvalue weighted by atomic mass is 16.5.